The molecule has 0 spiro atoms. The van der Waals surface area contributed by atoms with Crippen molar-refractivity contribution >= 4 is 22.6 Å². The predicted molar refractivity (Wildman–Crippen MR) is 96.4 cm³/mol. The van der Waals surface area contributed by atoms with Gasteiger partial charge in [-0.2, -0.15) is 0 Å². The standard InChI is InChI=1S/C19H14N2O6/c22-19(23)14-8-15(11-2-4-12(5-3-11)21(24)25)20-16-10-18-17(9-13(14)16)26-6-1-7-27-18/h2-5,8-10H,1,6-7H2,(H,22,23). The number of ether oxygens (including phenoxy) is 2. The van der Waals surface area contributed by atoms with Crippen LogP contribution >= 0.6 is 0 Å². The number of benzene rings is 2. The van der Waals surface area contributed by atoms with Crippen molar-refractivity contribution in [2.75, 3.05) is 13.2 Å². The Balaban J connectivity index is 1.89. The Labute approximate surface area is 153 Å². The highest BCUT2D eigenvalue weighted by Gasteiger charge is 2.18. The molecule has 1 aromatic heterocycles. The van der Waals surface area contributed by atoms with Gasteiger partial charge in [-0.05, 0) is 24.3 Å². The van der Waals surface area contributed by atoms with Crippen molar-refractivity contribution in [1.82, 2.24) is 4.98 Å². The number of rotatable bonds is 3. The second-order valence-electron chi connectivity index (χ2n) is 6.03. The van der Waals surface area contributed by atoms with Crippen LogP contribution in [0, 0.1) is 10.1 Å². The Hall–Kier alpha value is -3.68. The van der Waals surface area contributed by atoms with Gasteiger partial charge in [-0.3, -0.25) is 10.1 Å². The van der Waals surface area contributed by atoms with Crippen LogP contribution in [0.5, 0.6) is 11.5 Å². The SMILES string of the molecule is O=C(O)c1cc(-c2ccc([N+](=O)[O-])cc2)nc2cc3c(cc12)OCCCO3. The number of aromatic nitrogens is 1. The fourth-order valence-corrected chi connectivity index (χ4v) is 2.96. The third kappa shape index (κ3) is 3.12. The van der Waals surface area contributed by atoms with E-state index < -0.39 is 10.9 Å². The lowest BCUT2D eigenvalue weighted by atomic mass is 10.0. The summed E-state index contributed by atoms with van der Waals surface area (Å²) in [5, 5.41) is 20.9. The lowest BCUT2D eigenvalue weighted by Crippen LogP contribution is -2.01. The molecule has 3 aromatic rings. The van der Waals surface area contributed by atoms with E-state index in [1.54, 1.807) is 24.3 Å². The maximum Gasteiger partial charge on any atom is 0.336 e. The highest BCUT2D eigenvalue weighted by atomic mass is 16.6. The van der Waals surface area contributed by atoms with Crippen molar-refractivity contribution in [2.45, 2.75) is 6.42 Å². The number of nitrogens with zero attached hydrogens (tertiary/aromatic N) is 2. The Kier molecular flexibility index (Phi) is 4.08. The van der Waals surface area contributed by atoms with E-state index in [1.807, 2.05) is 0 Å². The average molecular weight is 366 g/mol. The maximum atomic E-state index is 11.8. The molecule has 0 atom stereocenters. The summed E-state index contributed by atoms with van der Waals surface area (Å²) in [6.45, 7) is 1.00. The van der Waals surface area contributed by atoms with Gasteiger partial charge in [0.05, 0.1) is 34.9 Å². The van der Waals surface area contributed by atoms with Crippen LogP contribution in [0.3, 0.4) is 0 Å². The van der Waals surface area contributed by atoms with E-state index in [0.29, 0.717) is 46.9 Å². The van der Waals surface area contributed by atoms with Crippen molar-refractivity contribution < 1.29 is 24.3 Å². The topological polar surface area (TPSA) is 112 Å². The molecule has 0 saturated carbocycles. The summed E-state index contributed by atoms with van der Waals surface area (Å²) in [5.74, 6) is -0.0860. The van der Waals surface area contributed by atoms with Gasteiger partial charge < -0.3 is 14.6 Å². The van der Waals surface area contributed by atoms with Crippen LogP contribution in [0.4, 0.5) is 5.69 Å². The molecule has 2 aromatic carbocycles. The minimum absolute atomic E-state index is 0.0473. The number of pyridine rings is 1. The molecule has 0 amide bonds. The van der Waals surface area contributed by atoms with Crippen LogP contribution < -0.4 is 9.47 Å². The number of carboxylic acids is 1. The first-order valence-corrected chi connectivity index (χ1v) is 8.25. The highest BCUT2D eigenvalue weighted by Crippen LogP contribution is 2.36. The van der Waals surface area contributed by atoms with Gasteiger partial charge in [0.15, 0.2) is 11.5 Å². The van der Waals surface area contributed by atoms with Gasteiger partial charge >= 0.3 is 5.97 Å². The molecule has 2 heterocycles. The molecule has 1 aliphatic rings. The molecule has 27 heavy (non-hydrogen) atoms. The first-order chi connectivity index (χ1) is 13.0. The van der Waals surface area contributed by atoms with Crippen molar-refractivity contribution in [3.63, 3.8) is 0 Å². The summed E-state index contributed by atoms with van der Waals surface area (Å²) < 4.78 is 11.3. The fraction of sp³-hybridized carbons (Fsp3) is 0.158. The van der Waals surface area contributed by atoms with E-state index in [9.17, 15) is 20.0 Å². The maximum absolute atomic E-state index is 11.8. The largest absolute Gasteiger partial charge is 0.490 e. The molecule has 1 aliphatic heterocycles. The average Bonchev–Trinajstić information content (AvgIpc) is 2.90. The number of hydrogen-bond donors (Lipinski definition) is 1. The molecule has 8 nitrogen and oxygen atoms in total. The summed E-state index contributed by atoms with van der Waals surface area (Å²) >= 11 is 0. The van der Waals surface area contributed by atoms with Crippen molar-refractivity contribution in [2.24, 2.45) is 0 Å². The van der Waals surface area contributed by atoms with E-state index in [0.717, 1.165) is 6.42 Å². The number of carboxylic acid groups (broad SMARTS) is 1. The minimum Gasteiger partial charge on any atom is -0.490 e. The first kappa shape index (κ1) is 16.8. The van der Waals surface area contributed by atoms with Crippen LogP contribution in [0.2, 0.25) is 0 Å². The molecular formula is C19H14N2O6. The van der Waals surface area contributed by atoms with Gasteiger partial charge in [-0.1, -0.05) is 0 Å². The highest BCUT2D eigenvalue weighted by molar-refractivity contribution is 6.04. The van der Waals surface area contributed by atoms with Gasteiger partial charge in [-0.15, -0.1) is 0 Å². The summed E-state index contributed by atoms with van der Waals surface area (Å²) in [4.78, 5) is 26.6. The van der Waals surface area contributed by atoms with Crippen LogP contribution in [-0.4, -0.2) is 34.2 Å². The van der Waals surface area contributed by atoms with Crippen LogP contribution in [-0.2, 0) is 0 Å². The molecule has 0 bridgehead atoms. The molecule has 4 rings (SSSR count). The number of fused-ring (bicyclic) bond motifs is 2. The smallest absolute Gasteiger partial charge is 0.336 e. The van der Waals surface area contributed by atoms with Gasteiger partial charge in [0.25, 0.3) is 5.69 Å². The first-order valence-electron chi connectivity index (χ1n) is 8.25. The lowest BCUT2D eigenvalue weighted by Gasteiger charge is -2.12. The van der Waals surface area contributed by atoms with Gasteiger partial charge in [0.1, 0.15) is 0 Å². The molecule has 0 radical (unpaired) electrons. The van der Waals surface area contributed by atoms with Gasteiger partial charge in [0, 0.05) is 35.6 Å². The van der Waals surface area contributed by atoms with Gasteiger partial charge in [-0.25, -0.2) is 9.78 Å². The minimum atomic E-state index is -1.10. The van der Waals surface area contributed by atoms with E-state index in [1.165, 1.54) is 18.2 Å². The normalized spacial score (nSPS) is 13.2. The fourth-order valence-electron chi connectivity index (χ4n) is 2.96. The number of aromatic carboxylic acids is 1. The molecule has 0 aliphatic carbocycles. The summed E-state index contributed by atoms with van der Waals surface area (Å²) in [6.07, 6.45) is 0.734. The van der Waals surface area contributed by atoms with Crippen LogP contribution in [0.1, 0.15) is 16.8 Å². The third-order valence-electron chi connectivity index (χ3n) is 4.28. The summed E-state index contributed by atoms with van der Waals surface area (Å²) in [5.41, 5.74) is 1.46. The van der Waals surface area contributed by atoms with Crippen LogP contribution in [0.25, 0.3) is 22.2 Å². The van der Waals surface area contributed by atoms with Crippen LogP contribution in [0.15, 0.2) is 42.5 Å². The Morgan fingerprint density at radius 3 is 2.37 bits per heavy atom. The molecule has 8 heteroatoms. The van der Waals surface area contributed by atoms with Crippen molar-refractivity contribution in [3.05, 3.63) is 58.1 Å². The molecule has 0 saturated heterocycles. The molecule has 1 N–H and O–H groups in total. The zero-order chi connectivity index (χ0) is 19.0. The van der Waals surface area contributed by atoms with E-state index >= 15 is 0 Å². The Bertz CT molecular complexity index is 1060. The number of carbonyl (C=O) groups is 1. The monoisotopic (exact) mass is 366 g/mol. The molecule has 0 unspecified atom stereocenters. The number of nitro benzene ring substituents is 1. The Morgan fingerprint density at radius 2 is 1.74 bits per heavy atom. The van der Waals surface area contributed by atoms with E-state index in [-0.39, 0.29) is 11.3 Å². The second-order valence-corrected chi connectivity index (χ2v) is 6.03. The van der Waals surface area contributed by atoms with Gasteiger partial charge in [0.2, 0.25) is 0 Å². The summed E-state index contributed by atoms with van der Waals surface area (Å²) in [7, 11) is 0. The number of nitro groups is 1. The van der Waals surface area contributed by atoms with Crippen molar-refractivity contribution in [1.29, 1.82) is 0 Å². The quantitative estimate of drug-likeness (QED) is 0.556. The molecule has 0 fully saturated rings. The second kappa shape index (κ2) is 6.56. The van der Waals surface area contributed by atoms with E-state index in [2.05, 4.69) is 4.98 Å². The molecule has 136 valence electrons. The summed E-state index contributed by atoms with van der Waals surface area (Å²) in [6, 6.07) is 10.5. The predicted octanol–water partition coefficient (Wildman–Crippen LogP) is 3.67. The Morgan fingerprint density at radius 1 is 1.07 bits per heavy atom. The number of hydrogen-bond acceptors (Lipinski definition) is 6. The lowest BCUT2D eigenvalue weighted by molar-refractivity contribution is -0.384. The zero-order valence-corrected chi connectivity index (χ0v) is 14.0. The van der Waals surface area contributed by atoms with E-state index in [4.69, 9.17) is 9.47 Å². The zero-order valence-electron chi connectivity index (χ0n) is 14.0. The number of non-ortho nitro benzene ring substituents is 1. The van der Waals surface area contributed by atoms with Crippen molar-refractivity contribution in [3.8, 4) is 22.8 Å². The molecular weight excluding hydrogens is 352 g/mol. The third-order valence-corrected chi connectivity index (χ3v) is 4.28.